The zero-order valence-corrected chi connectivity index (χ0v) is 10.7. The van der Waals surface area contributed by atoms with E-state index in [0.29, 0.717) is 10.9 Å². The molecule has 3 N–H and O–H groups in total. The van der Waals surface area contributed by atoms with Gasteiger partial charge in [0, 0.05) is 0 Å². The monoisotopic (exact) mass is 268 g/mol. The first-order chi connectivity index (χ1) is 8.60. The van der Waals surface area contributed by atoms with Crippen LogP contribution in [0.25, 0.3) is 0 Å². The third-order valence-corrected chi connectivity index (χ3v) is 3.16. The topological polar surface area (TPSA) is 107 Å². The molecule has 8 heteroatoms. The quantitative estimate of drug-likeness (QED) is 0.640. The number of ether oxygens (including phenoxy) is 1. The van der Waals surface area contributed by atoms with Gasteiger partial charge in [0.1, 0.15) is 5.76 Å². The summed E-state index contributed by atoms with van der Waals surface area (Å²) in [4.78, 5) is 15.2. The van der Waals surface area contributed by atoms with Gasteiger partial charge in [0.15, 0.2) is 0 Å². The van der Waals surface area contributed by atoms with Crippen molar-refractivity contribution in [2.75, 3.05) is 12.8 Å². The van der Waals surface area contributed by atoms with Gasteiger partial charge in [-0.15, -0.1) is 5.10 Å². The molecule has 2 aromatic heterocycles. The van der Waals surface area contributed by atoms with Gasteiger partial charge in [0.2, 0.25) is 16.9 Å². The maximum absolute atomic E-state index is 11.2. The molecule has 0 aliphatic heterocycles. The van der Waals surface area contributed by atoms with Gasteiger partial charge in [-0.25, -0.2) is 9.89 Å². The number of carbonyl (C=O) groups is 1. The molecule has 0 aliphatic rings. The summed E-state index contributed by atoms with van der Waals surface area (Å²) in [6, 6.07) is 3.30. The molecule has 0 fully saturated rings. The minimum Gasteiger partial charge on any atom is -0.463 e. The number of nitrogen functional groups attached to an aromatic ring is 1. The molecule has 1 unspecified atom stereocenters. The van der Waals surface area contributed by atoms with Crippen molar-refractivity contribution >= 4 is 23.7 Å². The Kier molecular flexibility index (Phi) is 3.56. The first-order valence-electron chi connectivity index (χ1n) is 5.12. The van der Waals surface area contributed by atoms with Crippen molar-refractivity contribution in [1.29, 1.82) is 0 Å². The maximum atomic E-state index is 11.2. The predicted octanol–water partition coefficient (Wildman–Crippen LogP) is 1.62. The van der Waals surface area contributed by atoms with E-state index in [0.717, 1.165) is 0 Å². The number of hydrogen-bond acceptors (Lipinski definition) is 7. The first kappa shape index (κ1) is 12.5. The molecule has 2 heterocycles. The Morgan fingerprint density at radius 3 is 3.00 bits per heavy atom. The number of esters is 1. The second-order valence-corrected chi connectivity index (χ2v) is 4.76. The molecule has 2 aromatic rings. The molecular formula is C10H12N4O3S. The fraction of sp³-hybridized carbons (Fsp3) is 0.300. The molecule has 2 rings (SSSR count). The Balaban J connectivity index is 2.07. The average molecular weight is 268 g/mol. The van der Waals surface area contributed by atoms with Crippen molar-refractivity contribution in [3.63, 3.8) is 0 Å². The van der Waals surface area contributed by atoms with Crippen LogP contribution in [0.4, 0.5) is 5.95 Å². The van der Waals surface area contributed by atoms with Crippen molar-refractivity contribution in [3.8, 4) is 0 Å². The predicted molar refractivity (Wildman–Crippen MR) is 65.1 cm³/mol. The summed E-state index contributed by atoms with van der Waals surface area (Å²) in [5.41, 5.74) is 5.43. The largest absolute Gasteiger partial charge is 0.463 e. The summed E-state index contributed by atoms with van der Waals surface area (Å²) in [7, 11) is 1.30. The number of aromatic nitrogens is 3. The van der Waals surface area contributed by atoms with Crippen LogP contribution in [0.5, 0.6) is 0 Å². The fourth-order valence-corrected chi connectivity index (χ4v) is 2.12. The molecule has 0 spiro atoms. The Hall–Kier alpha value is -1.96. The fourth-order valence-electron chi connectivity index (χ4n) is 1.31. The normalized spacial score (nSPS) is 12.3. The SMILES string of the molecule is COC(=O)c1ccc(C(C)Sc2n[nH]c(N)n2)o1. The number of anilines is 1. The van der Waals surface area contributed by atoms with Gasteiger partial charge in [0.25, 0.3) is 0 Å². The van der Waals surface area contributed by atoms with Crippen LogP contribution in [0.3, 0.4) is 0 Å². The number of furan rings is 1. The summed E-state index contributed by atoms with van der Waals surface area (Å²) in [6.45, 7) is 1.91. The zero-order valence-electron chi connectivity index (χ0n) is 9.84. The third kappa shape index (κ3) is 2.65. The maximum Gasteiger partial charge on any atom is 0.373 e. The van der Waals surface area contributed by atoms with Crippen LogP contribution >= 0.6 is 11.8 Å². The zero-order chi connectivity index (χ0) is 13.1. The molecule has 0 saturated heterocycles. The van der Waals surface area contributed by atoms with Crippen LogP contribution < -0.4 is 5.73 Å². The lowest BCUT2D eigenvalue weighted by Crippen LogP contribution is -1.98. The van der Waals surface area contributed by atoms with Crippen molar-refractivity contribution < 1.29 is 13.9 Å². The summed E-state index contributed by atoms with van der Waals surface area (Å²) >= 11 is 1.37. The van der Waals surface area contributed by atoms with Crippen molar-refractivity contribution in [2.45, 2.75) is 17.3 Å². The first-order valence-corrected chi connectivity index (χ1v) is 6.00. The van der Waals surface area contributed by atoms with Crippen molar-refractivity contribution in [3.05, 3.63) is 23.7 Å². The van der Waals surface area contributed by atoms with E-state index >= 15 is 0 Å². The van der Waals surface area contributed by atoms with Gasteiger partial charge in [0.05, 0.1) is 12.4 Å². The number of thioether (sulfide) groups is 1. The number of hydrogen-bond donors (Lipinski definition) is 2. The lowest BCUT2D eigenvalue weighted by molar-refractivity contribution is 0.0563. The van der Waals surface area contributed by atoms with E-state index < -0.39 is 5.97 Å². The van der Waals surface area contributed by atoms with E-state index in [2.05, 4.69) is 19.9 Å². The number of H-pyrrole nitrogens is 1. The number of nitrogens with zero attached hydrogens (tertiary/aromatic N) is 2. The Morgan fingerprint density at radius 2 is 2.39 bits per heavy atom. The number of carbonyl (C=O) groups excluding carboxylic acids is 1. The second kappa shape index (κ2) is 5.13. The lowest BCUT2D eigenvalue weighted by atomic mass is 10.3. The standard InChI is InChI=1S/C10H12N4O3S/c1-5(18-10-12-9(11)13-14-10)6-3-4-7(17-6)8(15)16-2/h3-5H,1-2H3,(H3,11,12,13,14). The van der Waals surface area contributed by atoms with Crippen LogP contribution in [0.1, 0.15) is 28.5 Å². The van der Waals surface area contributed by atoms with Crippen LogP contribution in [-0.4, -0.2) is 28.3 Å². The van der Waals surface area contributed by atoms with Crippen molar-refractivity contribution in [2.24, 2.45) is 0 Å². The summed E-state index contributed by atoms with van der Waals surface area (Å²) in [6.07, 6.45) is 0. The highest BCUT2D eigenvalue weighted by atomic mass is 32.2. The highest BCUT2D eigenvalue weighted by molar-refractivity contribution is 7.99. The number of nitrogens with one attached hydrogen (secondary N) is 1. The minimum absolute atomic E-state index is 0.0430. The molecule has 0 bridgehead atoms. The molecule has 0 aromatic carbocycles. The average Bonchev–Trinajstić information content (AvgIpc) is 2.97. The Labute approximate surface area is 107 Å². The lowest BCUT2D eigenvalue weighted by Gasteiger charge is -2.04. The van der Waals surface area contributed by atoms with Crippen LogP contribution in [0.2, 0.25) is 0 Å². The molecule has 0 saturated carbocycles. The number of methoxy groups -OCH3 is 1. The number of rotatable bonds is 4. The van der Waals surface area contributed by atoms with E-state index in [1.54, 1.807) is 12.1 Å². The molecular weight excluding hydrogens is 256 g/mol. The van der Waals surface area contributed by atoms with E-state index in [4.69, 9.17) is 10.2 Å². The van der Waals surface area contributed by atoms with Gasteiger partial charge in [-0.05, 0) is 19.1 Å². The number of aromatic amines is 1. The van der Waals surface area contributed by atoms with Gasteiger partial charge in [-0.3, -0.25) is 0 Å². The van der Waals surface area contributed by atoms with Gasteiger partial charge in [-0.1, -0.05) is 11.8 Å². The Morgan fingerprint density at radius 1 is 1.61 bits per heavy atom. The van der Waals surface area contributed by atoms with E-state index in [1.165, 1.54) is 18.9 Å². The van der Waals surface area contributed by atoms with Gasteiger partial charge in [-0.2, -0.15) is 4.98 Å². The summed E-state index contributed by atoms with van der Waals surface area (Å²) in [5.74, 6) is 0.582. The van der Waals surface area contributed by atoms with Gasteiger partial charge >= 0.3 is 5.97 Å². The smallest absolute Gasteiger partial charge is 0.373 e. The van der Waals surface area contributed by atoms with E-state index in [9.17, 15) is 4.79 Å². The summed E-state index contributed by atoms with van der Waals surface area (Å²) < 4.78 is 9.95. The molecule has 96 valence electrons. The highest BCUT2D eigenvalue weighted by Crippen LogP contribution is 2.33. The van der Waals surface area contributed by atoms with Crippen molar-refractivity contribution in [1.82, 2.24) is 15.2 Å². The second-order valence-electron chi connectivity index (χ2n) is 3.46. The minimum atomic E-state index is -0.499. The third-order valence-electron chi connectivity index (χ3n) is 2.18. The van der Waals surface area contributed by atoms with Crippen LogP contribution in [0.15, 0.2) is 21.7 Å². The van der Waals surface area contributed by atoms with E-state index in [1.807, 2.05) is 6.92 Å². The molecule has 18 heavy (non-hydrogen) atoms. The molecule has 1 atom stereocenters. The Bertz CT molecular complexity index is 551. The highest BCUT2D eigenvalue weighted by Gasteiger charge is 2.17. The molecule has 0 aliphatic carbocycles. The summed E-state index contributed by atoms with van der Waals surface area (Å²) in [5, 5.41) is 6.94. The molecule has 0 amide bonds. The van der Waals surface area contributed by atoms with Gasteiger partial charge < -0.3 is 14.9 Å². The van der Waals surface area contributed by atoms with Crippen LogP contribution in [0, 0.1) is 0 Å². The van der Waals surface area contributed by atoms with E-state index in [-0.39, 0.29) is 17.0 Å². The molecule has 0 radical (unpaired) electrons. The van der Waals surface area contributed by atoms with Crippen LogP contribution in [-0.2, 0) is 4.74 Å². The molecule has 7 nitrogen and oxygen atoms in total. The number of nitrogens with two attached hydrogens (primary N) is 1.